The number of rotatable bonds is 8. The summed E-state index contributed by atoms with van der Waals surface area (Å²) in [6.07, 6.45) is 1.80. The zero-order valence-corrected chi connectivity index (χ0v) is 17.7. The van der Waals surface area contributed by atoms with Crippen LogP contribution in [-0.4, -0.2) is 37.4 Å². The third-order valence-corrected chi connectivity index (χ3v) is 4.87. The molecule has 0 spiro atoms. The molecule has 0 saturated heterocycles. The number of halogens is 1. The van der Waals surface area contributed by atoms with Crippen LogP contribution in [0.4, 0.5) is 5.69 Å². The van der Waals surface area contributed by atoms with Gasteiger partial charge in [-0.3, -0.25) is 0 Å². The van der Waals surface area contributed by atoms with E-state index in [0.717, 1.165) is 18.7 Å². The highest BCUT2D eigenvalue weighted by molar-refractivity contribution is 6.50. The van der Waals surface area contributed by atoms with Gasteiger partial charge in [0.15, 0.2) is 0 Å². The van der Waals surface area contributed by atoms with E-state index in [9.17, 15) is 0 Å². The molecule has 0 aliphatic carbocycles. The minimum atomic E-state index is 0.243. The van der Waals surface area contributed by atoms with Gasteiger partial charge in [0.2, 0.25) is 5.82 Å². The highest BCUT2D eigenvalue weighted by Gasteiger charge is 2.16. The molecule has 3 aromatic rings. The van der Waals surface area contributed by atoms with Crippen LogP contribution >= 0.6 is 11.6 Å². The largest absolute Gasteiger partial charge is 0.497 e. The van der Waals surface area contributed by atoms with Gasteiger partial charge in [-0.1, -0.05) is 28.9 Å². The summed E-state index contributed by atoms with van der Waals surface area (Å²) in [7, 11) is 3.17. The van der Waals surface area contributed by atoms with E-state index in [4.69, 9.17) is 25.6 Å². The summed E-state index contributed by atoms with van der Waals surface area (Å²) in [5, 5.41) is 4.40. The fourth-order valence-electron chi connectivity index (χ4n) is 2.99. The molecule has 6 nitrogen and oxygen atoms in total. The number of hydrogen-bond acceptors (Lipinski definition) is 6. The van der Waals surface area contributed by atoms with E-state index >= 15 is 0 Å². The van der Waals surface area contributed by atoms with E-state index in [0.29, 0.717) is 27.9 Å². The number of aromatic nitrogens is 2. The van der Waals surface area contributed by atoms with Gasteiger partial charge in [0.25, 0.3) is 5.89 Å². The highest BCUT2D eigenvalue weighted by Crippen LogP contribution is 2.33. The number of nitrogens with zero attached hydrogens (tertiary/aromatic N) is 3. The Kier molecular flexibility index (Phi) is 6.77. The van der Waals surface area contributed by atoms with Gasteiger partial charge in [0, 0.05) is 24.8 Å². The van der Waals surface area contributed by atoms with Crippen LogP contribution in [0.15, 0.2) is 47.0 Å². The Labute approximate surface area is 175 Å². The van der Waals surface area contributed by atoms with E-state index in [2.05, 4.69) is 41.0 Å². The van der Waals surface area contributed by atoms with Crippen LogP contribution in [0.2, 0.25) is 0 Å². The summed E-state index contributed by atoms with van der Waals surface area (Å²) < 4.78 is 16.0. The van der Waals surface area contributed by atoms with Crippen molar-refractivity contribution in [1.82, 2.24) is 10.1 Å². The highest BCUT2D eigenvalue weighted by atomic mass is 35.5. The van der Waals surface area contributed by atoms with E-state index in [-0.39, 0.29) is 5.89 Å². The Morgan fingerprint density at radius 3 is 2.41 bits per heavy atom. The van der Waals surface area contributed by atoms with Crippen molar-refractivity contribution < 1.29 is 14.0 Å². The molecule has 0 saturated carbocycles. The third-order valence-electron chi connectivity index (χ3n) is 4.60. The number of methoxy groups -OCH3 is 2. The van der Waals surface area contributed by atoms with Crippen LogP contribution in [0.3, 0.4) is 0 Å². The smallest absolute Gasteiger partial charge is 0.269 e. The van der Waals surface area contributed by atoms with Crippen LogP contribution in [0, 0.1) is 0 Å². The van der Waals surface area contributed by atoms with Crippen molar-refractivity contribution in [2.75, 3.05) is 32.2 Å². The molecule has 0 aliphatic heterocycles. The molecule has 2 aromatic carbocycles. The first-order valence-corrected chi connectivity index (χ1v) is 9.76. The van der Waals surface area contributed by atoms with Crippen LogP contribution in [0.5, 0.6) is 11.5 Å². The van der Waals surface area contributed by atoms with Gasteiger partial charge in [-0.2, -0.15) is 4.98 Å². The lowest BCUT2D eigenvalue weighted by molar-refractivity contribution is 0.393. The quantitative estimate of drug-likeness (QED) is 0.497. The molecule has 3 rings (SSSR count). The van der Waals surface area contributed by atoms with Gasteiger partial charge < -0.3 is 18.9 Å². The van der Waals surface area contributed by atoms with Gasteiger partial charge in [-0.25, -0.2) is 0 Å². The molecule has 0 aliphatic rings. The summed E-state index contributed by atoms with van der Waals surface area (Å²) in [6, 6.07) is 13.6. The molecule has 0 N–H and O–H groups in total. The second-order valence-electron chi connectivity index (χ2n) is 6.25. The average molecular weight is 414 g/mol. The summed E-state index contributed by atoms with van der Waals surface area (Å²) >= 11 is 6.42. The predicted molar refractivity (Wildman–Crippen MR) is 117 cm³/mol. The van der Waals surface area contributed by atoms with Gasteiger partial charge in [-0.15, -0.1) is 0 Å². The fraction of sp³-hybridized carbons (Fsp3) is 0.273. The molecule has 0 amide bonds. The van der Waals surface area contributed by atoms with E-state index in [1.165, 1.54) is 5.69 Å². The Morgan fingerprint density at radius 2 is 1.79 bits per heavy atom. The van der Waals surface area contributed by atoms with Gasteiger partial charge >= 0.3 is 0 Å². The molecule has 0 bridgehead atoms. The maximum absolute atomic E-state index is 6.42. The summed E-state index contributed by atoms with van der Waals surface area (Å²) in [4.78, 5) is 6.69. The SMILES string of the molecule is CCN(CC)c1ccc(/C=C(\Cl)c2nc(-c3ccc(OC)cc3OC)no2)cc1. The van der Waals surface area contributed by atoms with Crippen LogP contribution in [-0.2, 0) is 0 Å². The second-order valence-corrected chi connectivity index (χ2v) is 6.65. The van der Waals surface area contributed by atoms with Crippen LogP contribution in [0.25, 0.3) is 22.5 Å². The lowest BCUT2D eigenvalue weighted by atomic mass is 10.1. The predicted octanol–water partition coefficient (Wildman–Crippen LogP) is 5.34. The van der Waals surface area contributed by atoms with Gasteiger partial charge in [0.05, 0.1) is 19.8 Å². The Bertz CT molecular complexity index is 979. The normalized spacial score (nSPS) is 11.4. The number of hydrogen-bond donors (Lipinski definition) is 0. The number of ether oxygens (including phenoxy) is 2. The molecule has 7 heteroatoms. The Hall–Kier alpha value is -2.99. The minimum absolute atomic E-state index is 0.243. The standard InChI is InChI=1S/C22H24ClN3O3/c1-5-26(6-2)16-9-7-15(8-10-16)13-19(23)22-24-21(25-29-22)18-12-11-17(27-3)14-20(18)28-4/h7-14H,5-6H2,1-4H3/b19-13-. The molecule has 1 aromatic heterocycles. The maximum atomic E-state index is 6.42. The molecule has 1 heterocycles. The van der Waals surface area contributed by atoms with Crippen LogP contribution < -0.4 is 14.4 Å². The van der Waals surface area contributed by atoms with Gasteiger partial charge in [0.1, 0.15) is 16.5 Å². The van der Waals surface area contributed by atoms with E-state index in [1.54, 1.807) is 26.4 Å². The first kappa shape index (κ1) is 20.7. The molecule has 0 atom stereocenters. The lowest BCUT2D eigenvalue weighted by Crippen LogP contribution is -2.21. The van der Waals surface area contributed by atoms with Crippen molar-refractivity contribution in [3.8, 4) is 22.9 Å². The number of anilines is 1. The zero-order chi connectivity index (χ0) is 20.8. The van der Waals surface area contributed by atoms with Crippen molar-refractivity contribution in [3.05, 3.63) is 53.9 Å². The number of benzene rings is 2. The average Bonchev–Trinajstić information content (AvgIpc) is 3.25. The fourth-order valence-corrected chi connectivity index (χ4v) is 3.19. The second kappa shape index (κ2) is 9.47. The maximum Gasteiger partial charge on any atom is 0.269 e. The third kappa shape index (κ3) is 4.71. The summed E-state index contributed by atoms with van der Waals surface area (Å²) in [6.45, 7) is 6.20. The Morgan fingerprint density at radius 1 is 1.07 bits per heavy atom. The first-order valence-electron chi connectivity index (χ1n) is 9.38. The molecular weight excluding hydrogens is 390 g/mol. The topological polar surface area (TPSA) is 60.6 Å². The molecule has 0 unspecified atom stereocenters. The molecular formula is C22H24ClN3O3. The molecule has 152 valence electrons. The van der Waals surface area contributed by atoms with Crippen molar-refractivity contribution >= 4 is 28.4 Å². The first-order chi connectivity index (χ1) is 14.1. The lowest BCUT2D eigenvalue weighted by Gasteiger charge is -2.20. The molecule has 29 heavy (non-hydrogen) atoms. The van der Waals surface area contributed by atoms with Gasteiger partial charge in [-0.05, 0) is 49.8 Å². The zero-order valence-electron chi connectivity index (χ0n) is 17.0. The summed E-state index contributed by atoms with van der Waals surface area (Å²) in [5.41, 5.74) is 2.82. The van der Waals surface area contributed by atoms with E-state index < -0.39 is 0 Å². The van der Waals surface area contributed by atoms with Crippen molar-refractivity contribution in [1.29, 1.82) is 0 Å². The monoisotopic (exact) mass is 413 g/mol. The van der Waals surface area contributed by atoms with Crippen LogP contribution in [0.1, 0.15) is 25.3 Å². The minimum Gasteiger partial charge on any atom is -0.497 e. The van der Waals surface area contributed by atoms with Crippen molar-refractivity contribution in [3.63, 3.8) is 0 Å². The van der Waals surface area contributed by atoms with Crippen molar-refractivity contribution in [2.45, 2.75) is 13.8 Å². The van der Waals surface area contributed by atoms with Crippen molar-refractivity contribution in [2.24, 2.45) is 0 Å². The molecule has 0 radical (unpaired) electrons. The Balaban J connectivity index is 1.83. The summed E-state index contributed by atoms with van der Waals surface area (Å²) in [5.74, 6) is 1.90. The molecule has 0 fully saturated rings. The van der Waals surface area contributed by atoms with E-state index in [1.807, 2.05) is 24.3 Å².